The number of nitrogens with one attached hydrogen (secondary N) is 1. The Morgan fingerprint density at radius 3 is 2.44 bits per heavy atom. The van der Waals surface area contributed by atoms with Gasteiger partial charge in [-0.1, -0.05) is 38.1 Å². The number of carboxylic acid groups (broad SMARTS) is 1. The van der Waals surface area contributed by atoms with Crippen LogP contribution in [0, 0.1) is 6.92 Å². The zero-order valence-corrected chi connectivity index (χ0v) is 20.6. The van der Waals surface area contributed by atoms with E-state index in [1.165, 1.54) is 10.9 Å². The van der Waals surface area contributed by atoms with Gasteiger partial charge in [-0.25, -0.2) is 9.48 Å². The van der Waals surface area contributed by atoms with E-state index in [1.54, 1.807) is 25.3 Å². The molecule has 1 aromatic heterocycles. The summed E-state index contributed by atoms with van der Waals surface area (Å²) in [5.74, 6) is -0.873. The minimum absolute atomic E-state index is 0.126. The molecule has 0 bridgehead atoms. The lowest BCUT2D eigenvalue weighted by atomic mass is 9.85. The zero-order chi connectivity index (χ0) is 25.2. The van der Waals surface area contributed by atoms with Crippen LogP contribution in [0.5, 0.6) is 5.75 Å². The van der Waals surface area contributed by atoms with Gasteiger partial charge in [0, 0.05) is 17.7 Å². The number of carbonyl (C=O) groups is 2. The van der Waals surface area contributed by atoms with Crippen LogP contribution in [0.25, 0.3) is 5.69 Å². The van der Waals surface area contributed by atoms with E-state index >= 15 is 0 Å². The molecule has 1 amide bonds. The molecule has 0 fully saturated rings. The Morgan fingerprint density at radius 2 is 1.88 bits per heavy atom. The van der Waals surface area contributed by atoms with Gasteiger partial charge >= 0.3 is 5.97 Å². The lowest BCUT2D eigenvalue weighted by Crippen LogP contribution is -2.19. The second kappa shape index (κ2) is 9.64. The maximum atomic E-state index is 13.3. The van der Waals surface area contributed by atoms with E-state index in [0.717, 1.165) is 16.7 Å². The number of methoxy groups -OCH3 is 1. The highest BCUT2D eigenvalue weighted by atomic mass is 16.5. The van der Waals surface area contributed by atoms with Crippen molar-refractivity contribution in [1.29, 1.82) is 0 Å². The Balaban J connectivity index is 2.01. The maximum absolute atomic E-state index is 13.3. The fraction of sp³-hybridized carbons (Fsp3) is 0.360. The topological polar surface area (TPSA) is 110 Å². The van der Waals surface area contributed by atoms with Crippen LogP contribution in [0.4, 0.5) is 5.69 Å². The van der Waals surface area contributed by atoms with Gasteiger partial charge in [0.2, 0.25) is 0 Å². The molecule has 0 unspecified atom stereocenters. The van der Waals surface area contributed by atoms with Gasteiger partial charge in [0.05, 0.1) is 24.7 Å². The number of hydrogen-bond acceptors (Lipinski definition) is 6. The predicted molar refractivity (Wildman–Crippen MR) is 130 cm³/mol. The molecule has 0 atom stereocenters. The molecular weight excluding hydrogens is 434 g/mol. The van der Waals surface area contributed by atoms with Crippen LogP contribution >= 0.6 is 0 Å². The lowest BCUT2D eigenvalue weighted by molar-refractivity contribution is 0.0690. The van der Waals surface area contributed by atoms with Gasteiger partial charge in [0.25, 0.3) is 5.91 Å². The molecule has 2 aromatic carbocycles. The predicted octanol–water partition coefficient (Wildman–Crippen LogP) is 3.89. The summed E-state index contributed by atoms with van der Waals surface area (Å²) in [5, 5.41) is 19.7. The van der Waals surface area contributed by atoms with Crippen LogP contribution in [0.3, 0.4) is 0 Å². The van der Waals surface area contributed by atoms with Crippen LogP contribution in [-0.2, 0) is 12.0 Å². The molecule has 2 N–H and O–H groups in total. The van der Waals surface area contributed by atoms with Gasteiger partial charge in [-0.05, 0) is 55.8 Å². The number of nitrogens with zero attached hydrogens (tertiary/aromatic N) is 4. The molecule has 9 nitrogen and oxygen atoms in total. The first kappa shape index (κ1) is 24.9. The number of carbonyl (C=O) groups excluding carboxylic acids is 1. The van der Waals surface area contributed by atoms with Gasteiger partial charge in [-0.3, -0.25) is 4.79 Å². The highest BCUT2D eigenvalue weighted by Crippen LogP contribution is 2.36. The minimum Gasteiger partial charge on any atom is -0.494 e. The van der Waals surface area contributed by atoms with E-state index in [9.17, 15) is 9.59 Å². The fourth-order valence-corrected chi connectivity index (χ4v) is 3.59. The van der Waals surface area contributed by atoms with Crippen LogP contribution in [0.1, 0.15) is 58.3 Å². The monoisotopic (exact) mass is 465 g/mol. The summed E-state index contributed by atoms with van der Waals surface area (Å²) in [6, 6.07) is 9.22. The third-order valence-electron chi connectivity index (χ3n) is 5.40. The highest BCUT2D eigenvalue weighted by Gasteiger charge is 2.22. The second-order valence-corrected chi connectivity index (χ2v) is 9.51. The summed E-state index contributed by atoms with van der Waals surface area (Å²) in [4.78, 5) is 26.5. The Hall–Kier alpha value is -3.72. The average Bonchev–Trinajstić information content (AvgIpc) is 3.23. The number of benzene rings is 2. The molecule has 0 aliphatic carbocycles. The van der Waals surface area contributed by atoms with E-state index in [0.29, 0.717) is 29.2 Å². The Morgan fingerprint density at radius 1 is 1.18 bits per heavy atom. The third-order valence-corrected chi connectivity index (χ3v) is 5.40. The summed E-state index contributed by atoms with van der Waals surface area (Å²) in [7, 11) is 5.56. The number of carboxylic acids is 1. The van der Waals surface area contributed by atoms with Gasteiger partial charge in [-0.15, -0.1) is 5.10 Å². The molecule has 180 valence electrons. The molecule has 0 aliphatic heterocycles. The summed E-state index contributed by atoms with van der Waals surface area (Å²) < 4.78 is 7.05. The third kappa shape index (κ3) is 5.43. The van der Waals surface area contributed by atoms with Crippen LogP contribution < -0.4 is 10.1 Å². The second-order valence-electron chi connectivity index (χ2n) is 9.51. The first-order valence-corrected chi connectivity index (χ1v) is 10.8. The molecule has 0 spiro atoms. The van der Waals surface area contributed by atoms with Gasteiger partial charge < -0.3 is 20.1 Å². The fourth-order valence-electron chi connectivity index (χ4n) is 3.59. The van der Waals surface area contributed by atoms with Gasteiger partial charge in [-0.2, -0.15) is 0 Å². The molecule has 0 saturated heterocycles. The minimum atomic E-state index is -1.17. The summed E-state index contributed by atoms with van der Waals surface area (Å²) in [6.07, 6.45) is 1.32. The van der Waals surface area contributed by atoms with Crippen LogP contribution in [0.15, 0.2) is 36.5 Å². The molecule has 3 rings (SSSR count). The molecule has 9 heteroatoms. The number of aromatic carboxylic acids is 1. The van der Waals surface area contributed by atoms with Crippen molar-refractivity contribution in [3.8, 4) is 11.4 Å². The van der Waals surface area contributed by atoms with Crippen molar-refractivity contribution < 1.29 is 19.4 Å². The van der Waals surface area contributed by atoms with Crippen molar-refractivity contribution in [2.75, 3.05) is 26.5 Å². The molecule has 1 heterocycles. The van der Waals surface area contributed by atoms with E-state index in [-0.39, 0.29) is 17.0 Å². The van der Waals surface area contributed by atoms with Crippen molar-refractivity contribution in [3.05, 3.63) is 64.5 Å². The number of aryl methyl sites for hydroxylation is 1. The summed E-state index contributed by atoms with van der Waals surface area (Å²) >= 11 is 0. The lowest BCUT2D eigenvalue weighted by Gasteiger charge is -2.25. The molecule has 0 saturated carbocycles. The summed E-state index contributed by atoms with van der Waals surface area (Å²) in [5.41, 5.74) is 4.12. The normalized spacial score (nSPS) is 11.5. The van der Waals surface area contributed by atoms with Crippen LogP contribution in [0.2, 0.25) is 0 Å². The first-order valence-electron chi connectivity index (χ1n) is 10.8. The van der Waals surface area contributed by atoms with E-state index in [4.69, 9.17) is 9.84 Å². The number of ether oxygens (including phenoxy) is 1. The Labute approximate surface area is 199 Å². The zero-order valence-electron chi connectivity index (χ0n) is 20.6. The summed E-state index contributed by atoms with van der Waals surface area (Å²) in [6.45, 7) is 8.87. The average molecular weight is 466 g/mol. The van der Waals surface area contributed by atoms with E-state index in [2.05, 4.69) is 42.5 Å². The molecule has 0 aliphatic rings. The molecule has 3 aromatic rings. The molecular formula is C25H31N5O4. The number of anilines is 1. The van der Waals surface area contributed by atoms with Crippen molar-refractivity contribution >= 4 is 17.6 Å². The van der Waals surface area contributed by atoms with E-state index < -0.39 is 5.97 Å². The molecule has 34 heavy (non-hydrogen) atoms. The smallest absolute Gasteiger partial charge is 0.358 e. The van der Waals surface area contributed by atoms with E-state index in [1.807, 2.05) is 32.0 Å². The number of amides is 1. The van der Waals surface area contributed by atoms with Crippen molar-refractivity contribution in [2.24, 2.45) is 0 Å². The van der Waals surface area contributed by atoms with Crippen molar-refractivity contribution in [3.63, 3.8) is 0 Å². The first-order chi connectivity index (χ1) is 15.9. The number of rotatable bonds is 7. The highest BCUT2D eigenvalue weighted by molar-refractivity contribution is 6.05. The van der Waals surface area contributed by atoms with Crippen LogP contribution in [-0.4, -0.2) is 58.1 Å². The quantitative estimate of drug-likeness (QED) is 0.545. The standard InChI is InChI=1S/C25H31N5O4/c1-15-8-9-16(11-21(15)30-14-20(24(32)33)27-28-30)23(31)26-19-12-18(25(2,3)4)10-17(13-29(5)6)22(19)34-7/h8-12,14H,13H2,1-7H3,(H,26,31)(H,32,33). The SMILES string of the molecule is COc1c(CN(C)C)cc(C(C)(C)C)cc1NC(=O)c1ccc(C)c(-n2cc(C(=O)O)nn2)c1. The number of aromatic nitrogens is 3. The van der Waals surface area contributed by atoms with Crippen molar-refractivity contribution in [2.45, 2.75) is 39.7 Å². The Bertz CT molecular complexity index is 1220. The largest absolute Gasteiger partial charge is 0.494 e. The van der Waals surface area contributed by atoms with Crippen molar-refractivity contribution in [1.82, 2.24) is 19.9 Å². The Kier molecular flexibility index (Phi) is 7.07. The van der Waals surface area contributed by atoms with Gasteiger partial charge in [0.15, 0.2) is 5.69 Å². The molecule has 0 radical (unpaired) electrons. The maximum Gasteiger partial charge on any atom is 0.358 e. The number of hydrogen-bond donors (Lipinski definition) is 2. The van der Waals surface area contributed by atoms with Gasteiger partial charge in [0.1, 0.15) is 5.75 Å².